The molecular weight excluding hydrogens is 542 g/mol. The van der Waals surface area contributed by atoms with Crippen LogP contribution in [0.3, 0.4) is 0 Å². The number of anilines is 1. The van der Waals surface area contributed by atoms with Gasteiger partial charge in [0, 0.05) is 22.4 Å². The van der Waals surface area contributed by atoms with Crippen molar-refractivity contribution < 1.29 is 9.59 Å². The zero-order valence-electron chi connectivity index (χ0n) is 23.6. The quantitative estimate of drug-likeness (QED) is 0.206. The molecule has 1 aliphatic heterocycles. The average molecular weight is 568 g/mol. The van der Waals surface area contributed by atoms with Gasteiger partial charge < -0.3 is 4.90 Å². The molecule has 5 aromatic carbocycles. The van der Waals surface area contributed by atoms with Crippen LogP contribution in [-0.2, 0) is 5.41 Å². The van der Waals surface area contributed by atoms with Crippen molar-refractivity contribution in [1.82, 2.24) is 9.97 Å². The standard InChI is InChI=1S/C39H25N3O2/c43-36-25-16-6-4-14-23(25)34-31(36)39(28-19-9-8-18-27(28)33-38(39)41-30-21-11-10-20-29(30)40-33)32-35(42(34)22-12-2-1-3-13-22)24-15-5-7-17-26(24)37(32)44/h1-21,31-32,34-35H. The Morgan fingerprint density at radius 1 is 0.523 bits per heavy atom. The van der Waals surface area contributed by atoms with Gasteiger partial charge in [0.2, 0.25) is 0 Å². The maximum Gasteiger partial charge on any atom is 0.170 e. The van der Waals surface area contributed by atoms with E-state index >= 15 is 9.59 Å². The van der Waals surface area contributed by atoms with Gasteiger partial charge >= 0.3 is 0 Å². The number of nitrogens with zero attached hydrogens (tertiary/aromatic N) is 3. The minimum absolute atomic E-state index is 0.0614. The summed E-state index contributed by atoms with van der Waals surface area (Å²) in [5.74, 6) is -1.05. The molecule has 0 saturated carbocycles. The lowest BCUT2D eigenvalue weighted by Crippen LogP contribution is -2.59. The summed E-state index contributed by atoms with van der Waals surface area (Å²) in [6, 6.07) is 41.8. The normalized spacial score (nSPS) is 25.4. The molecule has 0 N–H and O–H groups in total. The lowest BCUT2D eigenvalue weighted by Gasteiger charge is -2.55. The summed E-state index contributed by atoms with van der Waals surface area (Å²) in [7, 11) is 0. The van der Waals surface area contributed by atoms with Crippen molar-refractivity contribution in [3.8, 4) is 11.3 Å². The second kappa shape index (κ2) is 8.35. The molecule has 3 aliphatic carbocycles. The zero-order valence-corrected chi connectivity index (χ0v) is 23.6. The lowest BCUT2D eigenvalue weighted by atomic mass is 9.55. The fourth-order valence-electron chi connectivity index (χ4n) is 9.04. The number of Topliss-reactive ketones (excluding diaryl/α,β-unsaturated/α-hetero) is 2. The Morgan fingerprint density at radius 3 is 1.66 bits per heavy atom. The number of aromatic nitrogens is 2. The van der Waals surface area contributed by atoms with Crippen LogP contribution in [0.1, 0.15) is 55.2 Å². The maximum absolute atomic E-state index is 15.0. The number of rotatable bonds is 1. The van der Waals surface area contributed by atoms with E-state index in [9.17, 15) is 0 Å². The molecule has 0 amide bonds. The van der Waals surface area contributed by atoms with Crippen LogP contribution in [-0.4, -0.2) is 21.5 Å². The molecule has 208 valence electrons. The Bertz CT molecular complexity index is 2150. The van der Waals surface area contributed by atoms with Gasteiger partial charge in [-0.3, -0.25) is 9.59 Å². The lowest BCUT2D eigenvalue weighted by molar-refractivity contribution is 0.0603. The van der Waals surface area contributed by atoms with Crippen molar-refractivity contribution in [2.24, 2.45) is 11.8 Å². The molecule has 1 aromatic heterocycles. The van der Waals surface area contributed by atoms with Gasteiger partial charge in [0.15, 0.2) is 11.6 Å². The van der Waals surface area contributed by atoms with Crippen molar-refractivity contribution >= 4 is 28.3 Å². The van der Waals surface area contributed by atoms with Crippen LogP contribution in [0.4, 0.5) is 5.69 Å². The summed E-state index contributed by atoms with van der Waals surface area (Å²) in [5, 5.41) is 0. The van der Waals surface area contributed by atoms with E-state index in [1.165, 1.54) is 0 Å². The van der Waals surface area contributed by atoms with Gasteiger partial charge in [0.1, 0.15) is 0 Å². The molecule has 5 nitrogen and oxygen atoms in total. The summed E-state index contributed by atoms with van der Waals surface area (Å²) < 4.78 is 0. The zero-order chi connectivity index (χ0) is 29.2. The van der Waals surface area contributed by atoms with E-state index in [1.54, 1.807) is 0 Å². The van der Waals surface area contributed by atoms with Gasteiger partial charge in [-0.1, -0.05) is 103 Å². The van der Waals surface area contributed by atoms with Gasteiger partial charge in [-0.05, 0) is 41.0 Å². The van der Waals surface area contributed by atoms with Crippen molar-refractivity contribution in [1.29, 1.82) is 0 Å². The first-order chi connectivity index (χ1) is 21.7. The minimum atomic E-state index is -1.02. The molecule has 1 spiro atoms. The average Bonchev–Trinajstić information content (AvgIpc) is 3.65. The van der Waals surface area contributed by atoms with Gasteiger partial charge in [0.25, 0.3) is 0 Å². The Balaban J connectivity index is 1.39. The molecule has 5 heteroatoms. The summed E-state index contributed by atoms with van der Waals surface area (Å²) in [6.45, 7) is 0. The number of para-hydroxylation sites is 3. The summed E-state index contributed by atoms with van der Waals surface area (Å²) in [4.78, 5) is 43.0. The highest BCUT2D eigenvalue weighted by atomic mass is 16.1. The van der Waals surface area contributed by atoms with Crippen molar-refractivity contribution in [3.05, 3.63) is 161 Å². The third kappa shape index (κ3) is 2.72. The highest BCUT2D eigenvalue weighted by Crippen LogP contribution is 2.70. The molecule has 44 heavy (non-hydrogen) atoms. The number of ketones is 2. The number of benzene rings is 5. The summed E-state index contributed by atoms with van der Waals surface area (Å²) in [5.41, 5.74) is 8.46. The Labute approximate surface area is 253 Å². The predicted molar refractivity (Wildman–Crippen MR) is 169 cm³/mol. The molecule has 4 unspecified atom stereocenters. The first-order valence-electron chi connectivity index (χ1n) is 15.2. The van der Waals surface area contributed by atoms with Crippen LogP contribution < -0.4 is 4.90 Å². The van der Waals surface area contributed by atoms with Gasteiger partial charge in [-0.2, -0.15) is 0 Å². The highest BCUT2D eigenvalue weighted by Gasteiger charge is 2.72. The second-order valence-corrected chi connectivity index (χ2v) is 12.3. The maximum atomic E-state index is 15.0. The van der Waals surface area contributed by atoms with E-state index in [1.807, 2.05) is 91.0 Å². The minimum Gasteiger partial charge on any atom is -0.356 e. The van der Waals surface area contributed by atoms with Gasteiger partial charge in [-0.15, -0.1) is 0 Å². The predicted octanol–water partition coefficient (Wildman–Crippen LogP) is 7.52. The van der Waals surface area contributed by atoms with Gasteiger partial charge in [-0.25, -0.2) is 9.97 Å². The molecule has 10 rings (SSSR count). The van der Waals surface area contributed by atoms with Crippen LogP contribution in [0.5, 0.6) is 0 Å². The fraction of sp³-hybridized carbons (Fsp3) is 0.128. The topological polar surface area (TPSA) is 63.2 Å². The Hall–Kier alpha value is -5.42. The van der Waals surface area contributed by atoms with E-state index in [2.05, 4.69) is 41.3 Å². The van der Waals surface area contributed by atoms with E-state index in [-0.39, 0.29) is 23.7 Å². The number of piperidine rings is 1. The summed E-state index contributed by atoms with van der Waals surface area (Å²) in [6.07, 6.45) is 0. The molecular formula is C39H25N3O2. The van der Waals surface area contributed by atoms with E-state index in [0.717, 1.165) is 61.5 Å². The van der Waals surface area contributed by atoms with Crippen LogP contribution in [0.2, 0.25) is 0 Å². The van der Waals surface area contributed by atoms with Crippen LogP contribution in [0.15, 0.2) is 127 Å². The molecule has 2 heterocycles. The smallest absolute Gasteiger partial charge is 0.170 e. The summed E-state index contributed by atoms with van der Waals surface area (Å²) >= 11 is 0. The third-order valence-corrected chi connectivity index (χ3v) is 10.5. The molecule has 0 bridgehead atoms. The molecule has 1 saturated heterocycles. The second-order valence-electron chi connectivity index (χ2n) is 12.3. The Kier molecular flexibility index (Phi) is 4.57. The SMILES string of the molecule is O=C1c2ccccc2C2C1C1(c3ccccc3-c3nc4ccccc4nc31)C1C(=O)c3ccccc3C1N2c1ccccc1. The number of hydrogen-bond donors (Lipinski definition) is 0. The molecule has 1 fully saturated rings. The Morgan fingerprint density at radius 2 is 1.02 bits per heavy atom. The first kappa shape index (κ1) is 24.1. The number of fused-ring (bicyclic) bond motifs is 14. The number of hydrogen-bond acceptors (Lipinski definition) is 5. The van der Waals surface area contributed by atoms with Crippen molar-refractivity contribution in [3.63, 3.8) is 0 Å². The van der Waals surface area contributed by atoms with Crippen LogP contribution >= 0.6 is 0 Å². The van der Waals surface area contributed by atoms with E-state index < -0.39 is 17.3 Å². The van der Waals surface area contributed by atoms with Gasteiger partial charge in [0.05, 0.1) is 51.8 Å². The first-order valence-corrected chi connectivity index (χ1v) is 15.2. The molecule has 4 aliphatic rings. The van der Waals surface area contributed by atoms with Crippen LogP contribution in [0, 0.1) is 11.8 Å². The molecule has 4 atom stereocenters. The van der Waals surface area contributed by atoms with Crippen molar-refractivity contribution in [2.45, 2.75) is 17.5 Å². The monoisotopic (exact) mass is 567 g/mol. The number of carbonyl (C=O) groups excluding carboxylic acids is 2. The van der Waals surface area contributed by atoms with Crippen LogP contribution in [0.25, 0.3) is 22.3 Å². The molecule has 0 radical (unpaired) electrons. The van der Waals surface area contributed by atoms with Crippen molar-refractivity contribution in [2.75, 3.05) is 4.90 Å². The highest BCUT2D eigenvalue weighted by molar-refractivity contribution is 6.11. The number of carbonyl (C=O) groups is 2. The molecule has 6 aromatic rings. The van der Waals surface area contributed by atoms with E-state index in [4.69, 9.17) is 9.97 Å². The largest absolute Gasteiger partial charge is 0.356 e. The van der Waals surface area contributed by atoms with E-state index in [0.29, 0.717) is 0 Å². The third-order valence-electron chi connectivity index (χ3n) is 10.5. The fourth-order valence-corrected chi connectivity index (χ4v) is 9.04.